The number of amides is 1. The van der Waals surface area contributed by atoms with Crippen LogP contribution in [0.25, 0.3) is 0 Å². The highest BCUT2D eigenvalue weighted by atomic mass is 16.1. The first-order chi connectivity index (χ1) is 7.38. The van der Waals surface area contributed by atoms with Crippen LogP contribution in [0, 0.1) is 0 Å². The monoisotopic (exact) mass is 201 g/mol. The van der Waals surface area contributed by atoms with Gasteiger partial charge in [0.1, 0.15) is 0 Å². The highest BCUT2D eigenvalue weighted by Crippen LogP contribution is 2.35. The molecule has 0 saturated heterocycles. The number of carbonyl (C=O) groups is 1. The fourth-order valence-corrected chi connectivity index (χ4v) is 2.95. The molecule has 1 N–H and O–H groups in total. The van der Waals surface area contributed by atoms with Crippen LogP contribution in [-0.2, 0) is 24.1 Å². The Morgan fingerprint density at radius 1 is 1.13 bits per heavy atom. The summed E-state index contributed by atoms with van der Waals surface area (Å²) in [5, 5.41) is 2.91. The van der Waals surface area contributed by atoms with Gasteiger partial charge >= 0.3 is 0 Å². The van der Waals surface area contributed by atoms with Crippen LogP contribution in [-0.4, -0.2) is 6.41 Å². The van der Waals surface area contributed by atoms with Gasteiger partial charge in [-0.05, 0) is 54.4 Å². The van der Waals surface area contributed by atoms with E-state index in [1.807, 2.05) is 0 Å². The highest BCUT2D eigenvalue weighted by molar-refractivity contribution is 5.51. The van der Waals surface area contributed by atoms with Gasteiger partial charge in [-0.1, -0.05) is 12.1 Å². The molecule has 1 unspecified atom stereocenters. The van der Waals surface area contributed by atoms with Crippen molar-refractivity contribution in [1.82, 2.24) is 5.32 Å². The summed E-state index contributed by atoms with van der Waals surface area (Å²) in [6, 6.07) is 4.96. The van der Waals surface area contributed by atoms with E-state index in [-0.39, 0.29) is 6.04 Å². The number of aryl methyl sites for hydroxylation is 3. The minimum absolute atomic E-state index is 0.267. The molecule has 2 aliphatic rings. The molecule has 1 atom stereocenters. The largest absolute Gasteiger partial charge is 0.352 e. The summed E-state index contributed by atoms with van der Waals surface area (Å²) in [4.78, 5) is 10.5. The van der Waals surface area contributed by atoms with Crippen molar-refractivity contribution in [2.75, 3.05) is 0 Å². The van der Waals surface area contributed by atoms with E-state index in [0.717, 1.165) is 19.3 Å². The molecule has 2 aliphatic carbocycles. The number of benzene rings is 1. The zero-order valence-electron chi connectivity index (χ0n) is 8.75. The van der Waals surface area contributed by atoms with Crippen LogP contribution in [0.1, 0.15) is 41.1 Å². The average Bonchev–Trinajstić information content (AvgIpc) is 2.82. The zero-order valence-corrected chi connectivity index (χ0v) is 8.75. The third-order valence-electron chi connectivity index (χ3n) is 3.70. The van der Waals surface area contributed by atoms with Crippen molar-refractivity contribution in [1.29, 1.82) is 0 Å². The topological polar surface area (TPSA) is 29.1 Å². The first-order valence-corrected chi connectivity index (χ1v) is 5.73. The first kappa shape index (κ1) is 8.96. The summed E-state index contributed by atoms with van der Waals surface area (Å²) in [7, 11) is 0. The molecule has 0 aromatic heterocycles. The van der Waals surface area contributed by atoms with Crippen LogP contribution in [0.3, 0.4) is 0 Å². The normalized spacial score (nSPS) is 22.3. The van der Waals surface area contributed by atoms with Gasteiger partial charge < -0.3 is 5.32 Å². The fourth-order valence-electron chi connectivity index (χ4n) is 2.95. The van der Waals surface area contributed by atoms with E-state index in [1.165, 1.54) is 36.0 Å². The van der Waals surface area contributed by atoms with Crippen LogP contribution < -0.4 is 5.32 Å². The molecule has 1 amide bonds. The second kappa shape index (κ2) is 3.37. The lowest BCUT2D eigenvalue weighted by Gasteiger charge is -2.11. The Morgan fingerprint density at radius 2 is 1.93 bits per heavy atom. The van der Waals surface area contributed by atoms with E-state index in [0.29, 0.717) is 0 Å². The number of carbonyl (C=O) groups excluding carboxylic acids is 1. The van der Waals surface area contributed by atoms with Crippen LogP contribution in [0.2, 0.25) is 0 Å². The second-order valence-corrected chi connectivity index (χ2v) is 4.55. The van der Waals surface area contributed by atoms with Crippen molar-refractivity contribution >= 4 is 6.41 Å². The lowest BCUT2D eigenvalue weighted by atomic mass is 10.0. The number of fused-ring (bicyclic) bond motifs is 2. The second-order valence-electron chi connectivity index (χ2n) is 4.55. The maximum absolute atomic E-state index is 10.5. The quantitative estimate of drug-likeness (QED) is 0.728. The average molecular weight is 201 g/mol. The van der Waals surface area contributed by atoms with Crippen LogP contribution in [0.4, 0.5) is 0 Å². The summed E-state index contributed by atoms with van der Waals surface area (Å²) in [5.74, 6) is 0. The molecule has 2 heteroatoms. The molecule has 0 heterocycles. The lowest BCUT2D eigenvalue weighted by molar-refractivity contribution is -0.110. The van der Waals surface area contributed by atoms with Gasteiger partial charge in [-0.25, -0.2) is 0 Å². The van der Waals surface area contributed by atoms with E-state index >= 15 is 0 Å². The minimum atomic E-state index is 0.267. The molecule has 1 aromatic carbocycles. The van der Waals surface area contributed by atoms with Crippen molar-refractivity contribution in [3.05, 3.63) is 34.4 Å². The molecule has 3 rings (SSSR count). The zero-order chi connectivity index (χ0) is 10.3. The van der Waals surface area contributed by atoms with Gasteiger partial charge in [0.25, 0.3) is 0 Å². The molecule has 0 bridgehead atoms. The summed E-state index contributed by atoms with van der Waals surface area (Å²) >= 11 is 0. The molecule has 0 radical (unpaired) electrons. The van der Waals surface area contributed by atoms with Crippen molar-refractivity contribution in [2.24, 2.45) is 0 Å². The van der Waals surface area contributed by atoms with Crippen LogP contribution in [0.5, 0.6) is 0 Å². The Balaban J connectivity index is 2.02. The predicted molar refractivity (Wildman–Crippen MR) is 58.7 cm³/mol. The van der Waals surface area contributed by atoms with Crippen molar-refractivity contribution in [2.45, 2.75) is 38.1 Å². The summed E-state index contributed by atoms with van der Waals surface area (Å²) in [6.07, 6.45) is 6.77. The molecule has 1 aromatic rings. The van der Waals surface area contributed by atoms with E-state index in [2.05, 4.69) is 17.4 Å². The number of hydrogen-bond acceptors (Lipinski definition) is 1. The van der Waals surface area contributed by atoms with Crippen LogP contribution in [0.15, 0.2) is 12.1 Å². The lowest BCUT2D eigenvalue weighted by Crippen LogP contribution is -2.16. The number of nitrogens with one attached hydrogen (secondary N) is 1. The third kappa shape index (κ3) is 1.36. The Kier molecular flexibility index (Phi) is 2.01. The maximum atomic E-state index is 10.5. The van der Waals surface area contributed by atoms with E-state index < -0.39 is 0 Å². The van der Waals surface area contributed by atoms with Gasteiger partial charge in [-0.3, -0.25) is 4.79 Å². The van der Waals surface area contributed by atoms with E-state index in [1.54, 1.807) is 5.56 Å². The van der Waals surface area contributed by atoms with E-state index in [4.69, 9.17) is 0 Å². The Hall–Kier alpha value is -1.31. The standard InChI is InChI=1S/C13H15NO/c15-8-14-13-5-4-11-6-9-2-1-3-10(9)7-12(11)13/h6-8,13H,1-5H2,(H,14,15). The molecule has 0 fully saturated rings. The molecule has 0 saturated carbocycles. The molecular weight excluding hydrogens is 186 g/mol. The molecule has 15 heavy (non-hydrogen) atoms. The van der Waals surface area contributed by atoms with Gasteiger partial charge in [0, 0.05) is 0 Å². The SMILES string of the molecule is O=CNC1CCc2cc3c(cc21)CCC3. The maximum Gasteiger partial charge on any atom is 0.207 e. The van der Waals surface area contributed by atoms with E-state index in [9.17, 15) is 4.79 Å². The van der Waals surface area contributed by atoms with Crippen LogP contribution >= 0.6 is 0 Å². The molecule has 2 nitrogen and oxygen atoms in total. The summed E-state index contributed by atoms with van der Waals surface area (Å²) < 4.78 is 0. The Morgan fingerprint density at radius 3 is 2.73 bits per heavy atom. The number of rotatable bonds is 2. The van der Waals surface area contributed by atoms with Crippen molar-refractivity contribution in [3.63, 3.8) is 0 Å². The molecular formula is C13H15NO. The Labute approximate surface area is 89.7 Å². The third-order valence-corrected chi connectivity index (χ3v) is 3.70. The van der Waals surface area contributed by atoms with Gasteiger partial charge in [-0.2, -0.15) is 0 Å². The predicted octanol–water partition coefficient (Wildman–Crippen LogP) is 1.91. The fraction of sp³-hybridized carbons (Fsp3) is 0.462. The van der Waals surface area contributed by atoms with Gasteiger partial charge in [0.2, 0.25) is 6.41 Å². The van der Waals surface area contributed by atoms with Crippen molar-refractivity contribution < 1.29 is 4.79 Å². The summed E-state index contributed by atoms with van der Waals surface area (Å²) in [6.45, 7) is 0. The van der Waals surface area contributed by atoms with Gasteiger partial charge in [-0.15, -0.1) is 0 Å². The Bertz CT molecular complexity index is 411. The minimum Gasteiger partial charge on any atom is -0.352 e. The number of hydrogen-bond donors (Lipinski definition) is 1. The smallest absolute Gasteiger partial charge is 0.207 e. The highest BCUT2D eigenvalue weighted by Gasteiger charge is 2.24. The molecule has 0 spiro atoms. The molecule has 0 aliphatic heterocycles. The molecule has 78 valence electrons. The first-order valence-electron chi connectivity index (χ1n) is 5.73. The van der Waals surface area contributed by atoms with Gasteiger partial charge in [0.05, 0.1) is 6.04 Å². The van der Waals surface area contributed by atoms with Gasteiger partial charge in [0.15, 0.2) is 0 Å². The van der Waals surface area contributed by atoms with Crippen molar-refractivity contribution in [3.8, 4) is 0 Å². The summed E-state index contributed by atoms with van der Waals surface area (Å²) in [5.41, 5.74) is 5.87.